The van der Waals surface area contributed by atoms with E-state index < -0.39 is 12.2 Å². The number of aryl methyl sites for hydroxylation is 2. The van der Waals surface area contributed by atoms with Gasteiger partial charge in [-0.05, 0) is 73.9 Å². The normalized spacial score (nSPS) is 21.1. The molecule has 1 aliphatic rings. The summed E-state index contributed by atoms with van der Waals surface area (Å²) in [6, 6.07) is 22.2. The summed E-state index contributed by atoms with van der Waals surface area (Å²) >= 11 is 0. The molecule has 0 radical (unpaired) electrons. The van der Waals surface area contributed by atoms with E-state index in [-0.39, 0.29) is 12.0 Å². The number of benzene rings is 2. The number of anilines is 2. The number of nitrogen functional groups attached to an aromatic ring is 1. The van der Waals surface area contributed by atoms with Crippen molar-refractivity contribution in [3.05, 3.63) is 89.9 Å². The Morgan fingerprint density at radius 2 is 1.77 bits per heavy atom. The third kappa shape index (κ3) is 5.05. The summed E-state index contributed by atoms with van der Waals surface area (Å²) in [4.78, 5) is 13.5. The van der Waals surface area contributed by atoms with Gasteiger partial charge in [-0.3, -0.25) is 0 Å². The molecule has 0 amide bonds. The summed E-state index contributed by atoms with van der Waals surface area (Å²) in [7, 11) is 0. The van der Waals surface area contributed by atoms with Crippen LogP contribution in [0.5, 0.6) is 0 Å². The van der Waals surface area contributed by atoms with Crippen LogP contribution in [0.3, 0.4) is 0 Å². The summed E-state index contributed by atoms with van der Waals surface area (Å²) in [5, 5.41) is 27.6. The fraction of sp³-hybridized carbons (Fsp3) is 0.323. The van der Waals surface area contributed by atoms with Gasteiger partial charge < -0.3 is 25.8 Å². The Morgan fingerprint density at radius 1 is 0.949 bits per heavy atom. The molecule has 8 nitrogen and oxygen atoms in total. The summed E-state index contributed by atoms with van der Waals surface area (Å²) in [5.41, 5.74) is 10.9. The number of hydrogen-bond acceptors (Lipinski definition) is 7. The van der Waals surface area contributed by atoms with Gasteiger partial charge in [0.1, 0.15) is 29.7 Å². The number of aliphatic hydroxyl groups excluding tert-OH is 2. The predicted octanol–water partition coefficient (Wildman–Crippen LogP) is 4.44. The van der Waals surface area contributed by atoms with Gasteiger partial charge in [0.15, 0.2) is 0 Å². The van der Waals surface area contributed by atoms with E-state index in [9.17, 15) is 10.2 Å². The zero-order valence-electron chi connectivity index (χ0n) is 22.0. The van der Waals surface area contributed by atoms with Gasteiger partial charge in [0, 0.05) is 17.6 Å². The van der Waals surface area contributed by atoms with Crippen LogP contribution >= 0.6 is 0 Å². The fourth-order valence-electron chi connectivity index (χ4n) is 6.01. The van der Waals surface area contributed by atoms with Crippen LogP contribution < -0.4 is 11.1 Å². The van der Waals surface area contributed by atoms with E-state index in [0.29, 0.717) is 12.2 Å². The number of aliphatic hydroxyl groups is 2. The van der Waals surface area contributed by atoms with Crippen LogP contribution in [0.2, 0.25) is 0 Å². The molecule has 0 aliphatic heterocycles. The summed E-state index contributed by atoms with van der Waals surface area (Å²) in [6.07, 6.45) is 3.02. The number of nitrogens with zero attached hydrogens (tertiary/aromatic N) is 4. The minimum absolute atomic E-state index is 0.0309. The lowest BCUT2D eigenvalue weighted by Crippen LogP contribution is -2.30. The lowest BCUT2D eigenvalue weighted by molar-refractivity contribution is 0.00524. The van der Waals surface area contributed by atoms with Gasteiger partial charge in [-0.1, -0.05) is 42.5 Å². The molecule has 200 valence electrons. The Hall–Kier alpha value is -4.01. The van der Waals surface area contributed by atoms with E-state index >= 15 is 0 Å². The number of hydrogen-bond donors (Lipinski definition) is 4. The second kappa shape index (κ2) is 10.6. The molecule has 1 saturated carbocycles. The van der Waals surface area contributed by atoms with Crippen molar-refractivity contribution in [2.24, 2.45) is 5.92 Å². The van der Waals surface area contributed by atoms with Crippen LogP contribution in [0.4, 0.5) is 11.6 Å². The smallest absolute Gasteiger partial charge is 0.146 e. The minimum atomic E-state index is -0.869. The molecule has 4 atom stereocenters. The fourth-order valence-corrected chi connectivity index (χ4v) is 6.01. The molecule has 0 bridgehead atoms. The van der Waals surface area contributed by atoms with Crippen molar-refractivity contribution in [2.45, 2.75) is 50.9 Å². The van der Waals surface area contributed by atoms with Crippen molar-refractivity contribution in [3.8, 4) is 0 Å². The molecular weight excluding hydrogens is 488 g/mol. The molecule has 0 saturated heterocycles. The molecule has 1 aliphatic carbocycles. The monoisotopic (exact) mass is 522 g/mol. The highest BCUT2D eigenvalue weighted by Crippen LogP contribution is 2.41. The maximum atomic E-state index is 11.1. The quantitative estimate of drug-likeness (QED) is 0.238. The first-order valence-electron chi connectivity index (χ1n) is 13.6. The third-order valence-electron chi connectivity index (χ3n) is 8.06. The molecule has 0 unspecified atom stereocenters. The Morgan fingerprint density at radius 3 is 2.62 bits per heavy atom. The SMILES string of the molecule is Cc1cc2c(NCCc3ccccc3)ncnc2n1[C@@H]1C[C@H](CCc2ccc3ccc(N)nc3c2)[C@@H](O)[C@H]1O. The van der Waals surface area contributed by atoms with Crippen LogP contribution in [-0.2, 0) is 12.8 Å². The Kier molecular flexibility index (Phi) is 6.89. The summed E-state index contributed by atoms with van der Waals surface area (Å²) < 4.78 is 2.08. The van der Waals surface area contributed by atoms with Crippen LogP contribution in [0.15, 0.2) is 73.1 Å². The van der Waals surface area contributed by atoms with Crippen molar-refractivity contribution in [3.63, 3.8) is 0 Å². The number of fused-ring (bicyclic) bond motifs is 2. The standard InChI is InChI=1S/C31H34N6O2/c1-19-15-24-30(33-14-13-20-5-3-2-4-6-20)34-18-35-31(24)37(19)26-17-23(28(38)29(26)39)10-8-21-7-9-22-11-12-27(32)36-25(22)16-21/h2-7,9,11-12,15-16,18,23,26,28-29,38-39H,8,10,13-14,17H2,1H3,(H2,32,36)(H,33,34,35)/t23-,26+,28+,29-/m0/s1. The second-order valence-corrected chi connectivity index (χ2v) is 10.6. The van der Waals surface area contributed by atoms with Crippen molar-refractivity contribution >= 4 is 33.6 Å². The summed E-state index contributed by atoms with van der Waals surface area (Å²) in [6.45, 7) is 2.78. The highest BCUT2D eigenvalue weighted by Gasteiger charge is 2.43. The van der Waals surface area contributed by atoms with Crippen LogP contribution in [0.25, 0.3) is 21.9 Å². The van der Waals surface area contributed by atoms with E-state index in [4.69, 9.17) is 5.73 Å². The van der Waals surface area contributed by atoms with Gasteiger partial charge in [-0.2, -0.15) is 0 Å². The Balaban J connectivity index is 1.17. The van der Waals surface area contributed by atoms with E-state index in [1.807, 2.05) is 31.2 Å². The molecule has 6 rings (SSSR count). The molecule has 5 aromatic rings. The number of aromatic nitrogens is 4. The average molecular weight is 523 g/mol. The van der Waals surface area contributed by atoms with Gasteiger partial charge in [0.2, 0.25) is 0 Å². The molecule has 0 spiro atoms. The van der Waals surface area contributed by atoms with Gasteiger partial charge in [-0.25, -0.2) is 15.0 Å². The first-order valence-corrected chi connectivity index (χ1v) is 13.6. The average Bonchev–Trinajstić information content (AvgIpc) is 3.42. The Bertz CT molecular complexity index is 1600. The molecule has 39 heavy (non-hydrogen) atoms. The molecule has 3 aromatic heterocycles. The predicted molar refractivity (Wildman–Crippen MR) is 155 cm³/mol. The second-order valence-electron chi connectivity index (χ2n) is 10.6. The van der Waals surface area contributed by atoms with Gasteiger partial charge in [0.25, 0.3) is 0 Å². The Labute approximate surface area is 227 Å². The molecule has 1 fully saturated rings. The number of rotatable bonds is 8. The zero-order valence-corrected chi connectivity index (χ0v) is 22.0. The lowest BCUT2D eigenvalue weighted by Gasteiger charge is -2.20. The molecular formula is C31H34N6O2. The first-order chi connectivity index (χ1) is 19.0. The van der Waals surface area contributed by atoms with Crippen LogP contribution in [0, 0.1) is 12.8 Å². The van der Waals surface area contributed by atoms with E-state index in [2.05, 4.69) is 61.2 Å². The van der Waals surface area contributed by atoms with Crippen LogP contribution in [-0.4, -0.2) is 48.5 Å². The van der Waals surface area contributed by atoms with E-state index in [1.54, 1.807) is 12.4 Å². The minimum Gasteiger partial charge on any atom is -0.390 e. The van der Waals surface area contributed by atoms with Gasteiger partial charge in [-0.15, -0.1) is 0 Å². The number of nitrogens with two attached hydrogens (primary N) is 1. The largest absolute Gasteiger partial charge is 0.390 e. The molecule has 3 heterocycles. The zero-order chi connectivity index (χ0) is 26.9. The van der Waals surface area contributed by atoms with Crippen molar-refractivity contribution in [2.75, 3.05) is 17.6 Å². The molecule has 2 aromatic carbocycles. The van der Waals surface area contributed by atoms with Crippen molar-refractivity contribution in [1.29, 1.82) is 0 Å². The van der Waals surface area contributed by atoms with Crippen molar-refractivity contribution in [1.82, 2.24) is 19.5 Å². The van der Waals surface area contributed by atoms with Crippen LogP contribution in [0.1, 0.15) is 35.7 Å². The van der Waals surface area contributed by atoms with E-state index in [0.717, 1.165) is 64.8 Å². The highest BCUT2D eigenvalue weighted by atomic mass is 16.3. The lowest BCUT2D eigenvalue weighted by atomic mass is 9.95. The topological polar surface area (TPSA) is 122 Å². The summed E-state index contributed by atoms with van der Waals surface area (Å²) in [5.74, 6) is 1.26. The first kappa shape index (κ1) is 25.3. The molecule has 8 heteroatoms. The third-order valence-corrected chi connectivity index (χ3v) is 8.06. The maximum absolute atomic E-state index is 11.1. The highest BCUT2D eigenvalue weighted by molar-refractivity contribution is 5.88. The number of pyridine rings is 1. The van der Waals surface area contributed by atoms with E-state index in [1.165, 1.54) is 5.56 Å². The van der Waals surface area contributed by atoms with Gasteiger partial charge in [0.05, 0.1) is 23.0 Å². The number of nitrogens with one attached hydrogen (secondary N) is 1. The molecule has 5 N–H and O–H groups in total. The van der Waals surface area contributed by atoms with Gasteiger partial charge >= 0.3 is 0 Å². The van der Waals surface area contributed by atoms with Crippen molar-refractivity contribution < 1.29 is 10.2 Å². The maximum Gasteiger partial charge on any atom is 0.146 e.